The molecule has 4 heteroatoms. The van der Waals surface area contributed by atoms with E-state index in [1.165, 1.54) is 6.92 Å². The molecule has 1 aliphatic rings. The Balaban J connectivity index is 1.94. The number of allylic oxidation sites excluding steroid dienone is 1. The molecule has 104 valence electrons. The molecular formula is C17H15N3O. The van der Waals surface area contributed by atoms with Crippen molar-refractivity contribution in [1.29, 1.82) is 0 Å². The van der Waals surface area contributed by atoms with Gasteiger partial charge in [-0.2, -0.15) is 0 Å². The molecule has 0 aliphatic carbocycles. The molecule has 0 atom stereocenters. The summed E-state index contributed by atoms with van der Waals surface area (Å²) in [6.45, 7) is 2.18. The van der Waals surface area contributed by atoms with Crippen molar-refractivity contribution in [3.05, 3.63) is 66.0 Å². The first-order valence-corrected chi connectivity index (χ1v) is 6.77. The van der Waals surface area contributed by atoms with Crippen LogP contribution in [-0.4, -0.2) is 23.1 Å². The van der Waals surface area contributed by atoms with Gasteiger partial charge < -0.3 is 5.32 Å². The summed E-state index contributed by atoms with van der Waals surface area (Å²) in [4.78, 5) is 19.8. The lowest BCUT2D eigenvalue weighted by atomic mass is 9.97. The molecule has 0 bridgehead atoms. The molecule has 0 radical (unpaired) electrons. The van der Waals surface area contributed by atoms with Crippen molar-refractivity contribution in [2.24, 2.45) is 4.99 Å². The van der Waals surface area contributed by atoms with Gasteiger partial charge in [0.2, 0.25) is 5.91 Å². The number of hydrogen-bond acceptors (Lipinski definition) is 3. The molecule has 2 heterocycles. The molecule has 1 aliphatic heterocycles. The Labute approximate surface area is 123 Å². The monoisotopic (exact) mass is 277 g/mol. The van der Waals surface area contributed by atoms with E-state index < -0.39 is 0 Å². The van der Waals surface area contributed by atoms with E-state index in [1.54, 1.807) is 12.4 Å². The minimum atomic E-state index is -0.0783. The number of amides is 1. The Kier molecular flexibility index (Phi) is 3.60. The zero-order chi connectivity index (χ0) is 14.7. The highest BCUT2D eigenvalue weighted by atomic mass is 16.1. The van der Waals surface area contributed by atoms with E-state index in [4.69, 9.17) is 0 Å². The van der Waals surface area contributed by atoms with E-state index >= 15 is 0 Å². The predicted octanol–water partition coefficient (Wildman–Crippen LogP) is 2.93. The van der Waals surface area contributed by atoms with Gasteiger partial charge in [-0.05, 0) is 29.8 Å². The fraction of sp³-hybridized carbons (Fsp3) is 0.118. The first kappa shape index (κ1) is 13.2. The molecule has 1 aromatic carbocycles. The second-order valence-electron chi connectivity index (χ2n) is 4.80. The summed E-state index contributed by atoms with van der Waals surface area (Å²) >= 11 is 0. The standard InChI is InChI=1S/C17H15N3O/c1-12(21)20-15-4-2-3-14(11-15)17-16(7-10-19-17)13-5-8-18-9-6-13/h2-9,11H,10H2,1H3,(H,20,21). The number of nitrogens with one attached hydrogen (secondary N) is 1. The van der Waals surface area contributed by atoms with Crippen molar-refractivity contribution in [2.45, 2.75) is 6.92 Å². The van der Waals surface area contributed by atoms with Crippen LogP contribution in [0.5, 0.6) is 0 Å². The van der Waals surface area contributed by atoms with Crippen molar-refractivity contribution in [1.82, 2.24) is 4.98 Å². The van der Waals surface area contributed by atoms with Gasteiger partial charge in [-0.15, -0.1) is 0 Å². The van der Waals surface area contributed by atoms with Gasteiger partial charge in [0.1, 0.15) is 0 Å². The lowest BCUT2D eigenvalue weighted by molar-refractivity contribution is -0.114. The highest BCUT2D eigenvalue weighted by molar-refractivity contribution is 6.33. The number of aliphatic imine (C=N–C) groups is 1. The average molecular weight is 277 g/mol. The highest BCUT2D eigenvalue weighted by Crippen LogP contribution is 2.25. The SMILES string of the molecule is CC(=O)Nc1cccc(C2=NCC=C2c2ccncc2)c1. The van der Waals surface area contributed by atoms with Crippen LogP contribution in [0.15, 0.2) is 59.9 Å². The second-order valence-corrected chi connectivity index (χ2v) is 4.80. The van der Waals surface area contributed by atoms with E-state index in [2.05, 4.69) is 21.4 Å². The number of aromatic nitrogens is 1. The van der Waals surface area contributed by atoms with Crippen molar-refractivity contribution in [3.8, 4) is 0 Å². The van der Waals surface area contributed by atoms with Crippen molar-refractivity contribution in [2.75, 3.05) is 11.9 Å². The summed E-state index contributed by atoms with van der Waals surface area (Å²) in [6.07, 6.45) is 5.66. The topological polar surface area (TPSA) is 54.4 Å². The number of carbonyl (C=O) groups is 1. The molecule has 1 N–H and O–H groups in total. The Morgan fingerprint density at radius 3 is 2.71 bits per heavy atom. The van der Waals surface area contributed by atoms with Crippen LogP contribution < -0.4 is 5.32 Å². The van der Waals surface area contributed by atoms with E-state index in [1.807, 2.05) is 36.4 Å². The van der Waals surface area contributed by atoms with Gasteiger partial charge >= 0.3 is 0 Å². The van der Waals surface area contributed by atoms with Gasteiger partial charge in [0.05, 0.1) is 12.3 Å². The number of nitrogens with zero attached hydrogens (tertiary/aromatic N) is 2. The van der Waals surface area contributed by atoms with E-state index in [-0.39, 0.29) is 5.91 Å². The molecule has 0 spiro atoms. The van der Waals surface area contributed by atoms with Gasteiger partial charge in [-0.3, -0.25) is 14.8 Å². The average Bonchev–Trinajstić information content (AvgIpc) is 2.97. The van der Waals surface area contributed by atoms with Gasteiger partial charge in [-0.1, -0.05) is 18.2 Å². The molecule has 0 saturated carbocycles. The first-order valence-electron chi connectivity index (χ1n) is 6.77. The maximum atomic E-state index is 11.2. The Morgan fingerprint density at radius 1 is 1.14 bits per heavy atom. The van der Waals surface area contributed by atoms with Gasteiger partial charge in [0, 0.05) is 36.1 Å². The van der Waals surface area contributed by atoms with Crippen LogP contribution in [0.2, 0.25) is 0 Å². The van der Waals surface area contributed by atoms with E-state index in [0.717, 1.165) is 28.1 Å². The molecule has 0 unspecified atom stereocenters. The van der Waals surface area contributed by atoms with Crippen LogP contribution >= 0.6 is 0 Å². The molecule has 0 saturated heterocycles. The molecule has 0 fully saturated rings. The predicted molar refractivity (Wildman–Crippen MR) is 84.4 cm³/mol. The quantitative estimate of drug-likeness (QED) is 0.937. The normalized spacial score (nSPS) is 13.6. The molecule has 2 aromatic rings. The molecular weight excluding hydrogens is 262 g/mol. The zero-order valence-corrected chi connectivity index (χ0v) is 11.7. The van der Waals surface area contributed by atoms with Gasteiger partial charge in [0.25, 0.3) is 0 Å². The molecule has 4 nitrogen and oxygen atoms in total. The Hall–Kier alpha value is -2.75. The maximum Gasteiger partial charge on any atom is 0.221 e. The summed E-state index contributed by atoms with van der Waals surface area (Å²) in [5, 5.41) is 2.80. The smallest absolute Gasteiger partial charge is 0.221 e. The van der Waals surface area contributed by atoms with Crippen molar-refractivity contribution < 1.29 is 4.79 Å². The summed E-state index contributed by atoms with van der Waals surface area (Å²) in [7, 11) is 0. The number of rotatable bonds is 3. The van der Waals surface area contributed by atoms with Crippen LogP contribution in [0.3, 0.4) is 0 Å². The van der Waals surface area contributed by atoms with Crippen LogP contribution in [0.25, 0.3) is 5.57 Å². The molecule has 3 rings (SSSR count). The molecule has 1 aromatic heterocycles. The number of anilines is 1. The lowest BCUT2D eigenvalue weighted by Crippen LogP contribution is -2.07. The maximum absolute atomic E-state index is 11.2. The van der Waals surface area contributed by atoms with Crippen molar-refractivity contribution in [3.63, 3.8) is 0 Å². The molecule has 21 heavy (non-hydrogen) atoms. The number of hydrogen-bond donors (Lipinski definition) is 1. The zero-order valence-electron chi connectivity index (χ0n) is 11.7. The third-order valence-electron chi connectivity index (χ3n) is 3.25. The largest absolute Gasteiger partial charge is 0.326 e. The Morgan fingerprint density at radius 2 is 1.95 bits per heavy atom. The van der Waals surface area contributed by atoms with Crippen LogP contribution in [0, 0.1) is 0 Å². The van der Waals surface area contributed by atoms with Gasteiger partial charge in [0.15, 0.2) is 0 Å². The number of carbonyl (C=O) groups excluding carboxylic acids is 1. The summed E-state index contributed by atoms with van der Waals surface area (Å²) in [5.74, 6) is -0.0783. The second kappa shape index (κ2) is 5.71. The Bertz CT molecular complexity index is 733. The van der Waals surface area contributed by atoms with Crippen LogP contribution in [0.4, 0.5) is 5.69 Å². The third-order valence-corrected chi connectivity index (χ3v) is 3.25. The summed E-state index contributed by atoms with van der Waals surface area (Å²) in [6, 6.07) is 11.7. The number of pyridine rings is 1. The van der Waals surface area contributed by atoms with Crippen molar-refractivity contribution >= 4 is 22.9 Å². The van der Waals surface area contributed by atoms with E-state index in [0.29, 0.717) is 6.54 Å². The minimum absolute atomic E-state index is 0.0783. The van der Waals surface area contributed by atoms with Crippen LogP contribution in [-0.2, 0) is 4.79 Å². The fourth-order valence-corrected chi connectivity index (χ4v) is 2.39. The van der Waals surface area contributed by atoms with E-state index in [9.17, 15) is 4.79 Å². The first-order chi connectivity index (χ1) is 10.2. The number of benzene rings is 1. The van der Waals surface area contributed by atoms with Gasteiger partial charge in [-0.25, -0.2) is 0 Å². The lowest BCUT2D eigenvalue weighted by Gasteiger charge is -2.09. The third kappa shape index (κ3) is 2.89. The summed E-state index contributed by atoms with van der Waals surface area (Å²) < 4.78 is 0. The van der Waals surface area contributed by atoms with Crippen LogP contribution in [0.1, 0.15) is 18.1 Å². The minimum Gasteiger partial charge on any atom is -0.326 e. The highest BCUT2D eigenvalue weighted by Gasteiger charge is 2.16. The molecule has 1 amide bonds. The fourth-order valence-electron chi connectivity index (χ4n) is 2.39. The summed E-state index contributed by atoms with van der Waals surface area (Å²) in [5.41, 5.74) is 4.95.